The Labute approximate surface area is 121 Å². The topological polar surface area (TPSA) is 55.1 Å². The number of carbonyl (C=O) groups excluding carboxylic acids is 1. The van der Waals surface area contributed by atoms with Crippen LogP contribution in [0.3, 0.4) is 0 Å². The number of rotatable bonds is 5. The predicted octanol–water partition coefficient (Wildman–Crippen LogP) is 3.29. The first kappa shape index (κ1) is 15.0. The first-order valence-electron chi connectivity index (χ1n) is 7.77. The molecule has 1 aromatic carbocycles. The predicted molar refractivity (Wildman–Crippen MR) is 82.1 cm³/mol. The van der Waals surface area contributed by atoms with Gasteiger partial charge in [0.25, 0.3) is 0 Å². The van der Waals surface area contributed by atoms with Crippen molar-refractivity contribution in [1.82, 2.24) is 5.32 Å². The maximum absolute atomic E-state index is 12.1. The molecule has 2 rings (SSSR count). The first-order chi connectivity index (χ1) is 9.69. The van der Waals surface area contributed by atoms with Crippen LogP contribution in [-0.2, 0) is 11.3 Å². The lowest BCUT2D eigenvalue weighted by atomic mass is 9.87. The van der Waals surface area contributed by atoms with Gasteiger partial charge in [0.15, 0.2) is 0 Å². The number of nitrogens with two attached hydrogens (primary N) is 1. The summed E-state index contributed by atoms with van der Waals surface area (Å²) in [6, 6.07) is 8.22. The fourth-order valence-corrected chi connectivity index (χ4v) is 2.98. The van der Waals surface area contributed by atoms with Crippen LogP contribution in [0.15, 0.2) is 24.3 Å². The van der Waals surface area contributed by atoms with E-state index in [1.165, 1.54) is 32.1 Å². The number of carbonyl (C=O) groups is 1. The highest BCUT2D eigenvalue weighted by Crippen LogP contribution is 2.26. The summed E-state index contributed by atoms with van der Waals surface area (Å²) in [5.41, 5.74) is 7.85. The van der Waals surface area contributed by atoms with Crippen molar-refractivity contribution >= 4 is 5.91 Å². The number of hydrogen-bond acceptors (Lipinski definition) is 2. The Morgan fingerprint density at radius 3 is 2.50 bits per heavy atom. The maximum atomic E-state index is 12.1. The Hall–Kier alpha value is -1.35. The third-order valence-corrected chi connectivity index (χ3v) is 4.29. The smallest absolute Gasteiger partial charge is 0.220 e. The first-order valence-corrected chi connectivity index (χ1v) is 7.77. The number of benzene rings is 1. The summed E-state index contributed by atoms with van der Waals surface area (Å²) >= 11 is 0. The van der Waals surface area contributed by atoms with Gasteiger partial charge in [-0.25, -0.2) is 0 Å². The zero-order valence-corrected chi connectivity index (χ0v) is 12.4. The van der Waals surface area contributed by atoms with E-state index < -0.39 is 0 Å². The average molecular weight is 274 g/mol. The Balaban J connectivity index is 1.82. The second-order valence-electron chi connectivity index (χ2n) is 5.94. The second-order valence-corrected chi connectivity index (χ2v) is 5.94. The van der Waals surface area contributed by atoms with Crippen LogP contribution in [0.25, 0.3) is 0 Å². The molecule has 0 heterocycles. The highest BCUT2D eigenvalue weighted by molar-refractivity contribution is 5.76. The van der Waals surface area contributed by atoms with Gasteiger partial charge < -0.3 is 11.1 Å². The fraction of sp³-hybridized carbons (Fsp3) is 0.588. The van der Waals surface area contributed by atoms with Crippen molar-refractivity contribution in [2.75, 3.05) is 0 Å². The van der Waals surface area contributed by atoms with E-state index in [0.29, 0.717) is 18.9 Å². The lowest BCUT2D eigenvalue weighted by molar-refractivity contribution is -0.122. The quantitative estimate of drug-likeness (QED) is 0.865. The highest BCUT2D eigenvalue weighted by atomic mass is 16.1. The van der Waals surface area contributed by atoms with Gasteiger partial charge in [0.05, 0.1) is 6.04 Å². The molecule has 3 nitrogen and oxygen atoms in total. The van der Waals surface area contributed by atoms with Crippen LogP contribution in [0.1, 0.15) is 62.6 Å². The summed E-state index contributed by atoms with van der Waals surface area (Å²) in [4.78, 5) is 12.1. The van der Waals surface area contributed by atoms with Crippen LogP contribution in [0, 0.1) is 5.92 Å². The normalized spacial score (nSPS) is 17.7. The number of nitrogens with one attached hydrogen (secondary N) is 1. The molecule has 0 aliphatic heterocycles. The van der Waals surface area contributed by atoms with E-state index in [2.05, 4.69) is 5.32 Å². The lowest BCUT2D eigenvalue weighted by Crippen LogP contribution is -2.28. The van der Waals surface area contributed by atoms with Crippen molar-refractivity contribution in [2.24, 2.45) is 11.7 Å². The van der Waals surface area contributed by atoms with Gasteiger partial charge >= 0.3 is 0 Å². The van der Waals surface area contributed by atoms with Gasteiger partial charge in [0.2, 0.25) is 5.91 Å². The molecule has 1 aliphatic carbocycles. The van der Waals surface area contributed by atoms with E-state index in [1.54, 1.807) is 0 Å². The molecule has 0 spiro atoms. The van der Waals surface area contributed by atoms with Crippen molar-refractivity contribution in [3.05, 3.63) is 35.4 Å². The fourth-order valence-electron chi connectivity index (χ4n) is 2.98. The van der Waals surface area contributed by atoms with Crippen molar-refractivity contribution in [1.29, 1.82) is 0 Å². The molecule has 1 aromatic rings. The molecule has 1 aliphatic rings. The average Bonchev–Trinajstić information content (AvgIpc) is 2.48. The van der Waals surface area contributed by atoms with Gasteiger partial charge in [-0.05, 0) is 36.8 Å². The molecule has 1 atom stereocenters. The zero-order valence-electron chi connectivity index (χ0n) is 12.4. The molecule has 1 unspecified atom stereocenters. The lowest BCUT2D eigenvalue weighted by Gasteiger charge is -2.22. The van der Waals surface area contributed by atoms with Crippen LogP contribution in [-0.4, -0.2) is 5.91 Å². The second kappa shape index (κ2) is 7.44. The maximum Gasteiger partial charge on any atom is 0.220 e. The van der Waals surface area contributed by atoms with E-state index >= 15 is 0 Å². The largest absolute Gasteiger partial charge is 0.350 e. The summed E-state index contributed by atoms with van der Waals surface area (Å²) in [7, 11) is 0. The van der Waals surface area contributed by atoms with E-state index in [9.17, 15) is 4.79 Å². The van der Waals surface area contributed by atoms with Crippen LogP contribution in [0.5, 0.6) is 0 Å². The summed E-state index contributed by atoms with van der Waals surface area (Å²) in [5, 5.41) is 3.11. The molecule has 20 heavy (non-hydrogen) atoms. The van der Waals surface area contributed by atoms with E-state index in [4.69, 9.17) is 5.73 Å². The third-order valence-electron chi connectivity index (χ3n) is 4.29. The minimum atomic E-state index is 0.0675. The Morgan fingerprint density at radius 2 is 1.90 bits per heavy atom. The zero-order chi connectivity index (χ0) is 14.4. The Morgan fingerprint density at radius 1 is 1.25 bits per heavy atom. The standard InChI is InChI=1S/C17H26N2O/c1-13(16-9-7-15(12-18)8-10-16)19-17(20)11-14-5-3-2-4-6-14/h7-10,13-14H,2-6,11-12,18H2,1H3,(H,19,20). The molecule has 1 saturated carbocycles. The van der Waals surface area contributed by atoms with Gasteiger partial charge in [-0.1, -0.05) is 43.5 Å². The number of hydrogen-bond donors (Lipinski definition) is 2. The third kappa shape index (κ3) is 4.34. The van der Waals surface area contributed by atoms with Crippen LogP contribution < -0.4 is 11.1 Å². The van der Waals surface area contributed by atoms with Crippen LogP contribution >= 0.6 is 0 Å². The molecule has 3 heteroatoms. The molecule has 1 amide bonds. The molecule has 0 radical (unpaired) electrons. The monoisotopic (exact) mass is 274 g/mol. The molecule has 3 N–H and O–H groups in total. The summed E-state index contributed by atoms with van der Waals surface area (Å²) in [5.74, 6) is 0.780. The van der Waals surface area contributed by atoms with Gasteiger partial charge in [-0.3, -0.25) is 4.79 Å². The summed E-state index contributed by atoms with van der Waals surface area (Å²) < 4.78 is 0. The molecule has 0 bridgehead atoms. The van der Waals surface area contributed by atoms with E-state index in [0.717, 1.165) is 11.1 Å². The number of amides is 1. The Bertz CT molecular complexity index is 421. The van der Waals surface area contributed by atoms with Gasteiger partial charge in [0, 0.05) is 13.0 Å². The SMILES string of the molecule is CC(NC(=O)CC1CCCCC1)c1ccc(CN)cc1. The Kier molecular flexibility index (Phi) is 5.60. The molecule has 1 fully saturated rings. The minimum absolute atomic E-state index is 0.0675. The summed E-state index contributed by atoms with van der Waals surface area (Å²) in [6.45, 7) is 2.60. The van der Waals surface area contributed by atoms with Crippen molar-refractivity contribution < 1.29 is 4.79 Å². The van der Waals surface area contributed by atoms with Crippen molar-refractivity contribution in [2.45, 2.75) is 58.0 Å². The van der Waals surface area contributed by atoms with Gasteiger partial charge in [-0.15, -0.1) is 0 Å². The highest BCUT2D eigenvalue weighted by Gasteiger charge is 2.18. The van der Waals surface area contributed by atoms with Crippen LogP contribution in [0.2, 0.25) is 0 Å². The molecule has 0 aromatic heterocycles. The van der Waals surface area contributed by atoms with E-state index in [-0.39, 0.29) is 11.9 Å². The van der Waals surface area contributed by atoms with Crippen molar-refractivity contribution in [3.63, 3.8) is 0 Å². The molecular formula is C17H26N2O. The molecule has 110 valence electrons. The van der Waals surface area contributed by atoms with Crippen molar-refractivity contribution in [3.8, 4) is 0 Å². The molecule has 0 saturated heterocycles. The van der Waals surface area contributed by atoms with Gasteiger partial charge in [0.1, 0.15) is 0 Å². The van der Waals surface area contributed by atoms with E-state index in [1.807, 2.05) is 31.2 Å². The van der Waals surface area contributed by atoms with Gasteiger partial charge in [-0.2, -0.15) is 0 Å². The van der Waals surface area contributed by atoms with Crippen LogP contribution in [0.4, 0.5) is 0 Å². The summed E-state index contributed by atoms with van der Waals surface area (Å²) in [6.07, 6.45) is 7.02. The molecular weight excluding hydrogens is 248 g/mol. The minimum Gasteiger partial charge on any atom is -0.350 e.